The Labute approximate surface area is 189 Å². The van der Waals surface area contributed by atoms with Crippen LogP contribution in [0.15, 0.2) is 23.1 Å². The van der Waals surface area contributed by atoms with E-state index in [2.05, 4.69) is 14.8 Å². The number of ether oxygens (including phenoxy) is 3. The number of rotatable bonds is 10. The van der Waals surface area contributed by atoms with Gasteiger partial charge in [-0.15, -0.1) is 0 Å². The summed E-state index contributed by atoms with van der Waals surface area (Å²) in [6.45, 7) is 8.13. The molecule has 1 aromatic carbocycles. The van der Waals surface area contributed by atoms with E-state index in [0.717, 1.165) is 6.07 Å². The van der Waals surface area contributed by atoms with Crippen molar-refractivity contribution in [3.05, 3.63) is 23.8 Å². The van der Waals surface area contributed by atoms with Crippen LogP contribution >= 0.6 is 0 Å². The number of methoxy groups -OCH3 is 2. The largest absolute Gasteiger partial charge is 0.495 e. The van der Waals surface area contributed by atoms with Crippen molar-refractivity contribution in [1.29, 1.82) is 0 Å². The van der Waals surface area contributed by atoms with Crippen molar-refractivity contribution in [3.63, 3.8) is 0 Å². The van der Waals surface area contributed by atoms with Crippen LogP contribution in [-0.2, 0) is 29.1 Å². The summed E-state index contributed by atoms with van der Waals surface area (Å²) in [5.41, 5.74) is -0.843. The van der Waals surface area contributed by atoms with Crippen LogP contribution in [0.4, 0.5) is 0 Å². The number of esters is 2. The number of benzene rings is 1. The van der Waals surface area contributed by atoms with E-state index in [0.29, 0.717) is 6.42 Å². The summed E-state index contributed by atoms with van der Waals surface area (Å²) in [6.07, 6.45) is 0.354. The second-order valence-corrected chi connectivity index (χ2v) is 10.2. The maximum absolute atomic E-state index is 12.7. The molecule has 1 aromatic rings. The molecule has 10 nitrogen and oxygen atoms in total. The second kappa shape index (κ2) is 11.3. The highest BCUT2D eigenvalue weighted by Gasteiger charge is 2.27. The third-order valence-electron chi connectivity index (χ3n) is 3.99. The van der Waals surface area contributed by atoms with Gasteiger partial charge in [-0.1, -0.05) is 13.8 Å². The zero-order chi connectivity index (χ0) is 24.7. The van der Waals surface area contributed by atoms with Crippen LogP contribution in [-0.4, -0.2) is 58.7 Å². The molecule has 11 heteroatoms. The van der Waals surface area contributed by atoms with Crippen molar-refractivity contribution in [2.45, 2.75) is 57.5 Å². The molecule has 0 bridgehead atoms. The van der Waals surface area contributed by atoms with Crippen LogP contribution in [0, 0.1) is 5.92 Å². The second-order valence-electron chi connectivity index (χ2n) is 8.57. The first kappa shape index (κ1) is 27.4. The standard InChI is InChI=1S/C21H32N2O8S/c1-13(2)10-15(20(26)30-7)22-18(24)12-31-19(25)14-8-9-16(29-6)17(11-14)32(27,28)23-21(3,4)5/h8-9,11,13,15,23H,10,12H2,1-7H3,(H,22,24). The molecule has 2 N–H and O–H groups in total. The normalized spacial score (nSPS) is 12.8. The Balaban J connectivity index is 2.96. The maximum atomic E-state index is 12.7. The van der Waals surface area contributed by atoms with Crippen LogP contribution in [0.1, 0.15) is 51.4 Å². The van der Waals surface area contributed by atoms with E-state index < -0.39 is 46.1 Å². The summed E-state index contributed by atoms with van der Waals surface area (Å²) in [6, 6.07) is 2.89. The maximum Gasteiger partial charge on any atom is 0.338 e. The first-order chi connectivity index (χ1) is 14.7. The Morgan fingerprint density at radius 3 is 2.22 bits per heavy atom. The lowest BCUT2D eigenvalue weighted by molar-refractivity contribution is -0.145. The molecule has 0 fully saturated rings. The van der Waals surface area contributed by atoms with Crippen molar-refractivity contribution < 1.29 is 37.0 Å². The Kier molecular flexibility index (Phi) is 9.65. The molecule has 0 aromatic heterocycles. The lowest BCUT2D eigenvalue weighted by Gasteiger charge is -2.21. The van der Waals surface area contributed by atoms with E-state index in [4.69, 9.17) is 9.47 Å². The Hall–Kier alpha value is -2.66. The van der Waals surface area contributed by atoms with Gasteiger partial charge in [0.05, 0.1) is 19.8 Å². The third-order valence-corrected chi connectivity index (χ3v) is 5.77. The molecule has 32 heavy (non-hydrogen) atoms. The molecule has 0 spiro atoms. The van der Waals surface area contributed by atoms with Gasteiger partial charge in [-0.3, -0.25) is 4.79 Å². The average Bonchev–Trinajstić information content (AvgIpc) is 2.68. The highest BCUT2D eigenvalue weighted by atomic mass is 32.2. The molecule has 0 aliphatic carbocycles. The van der Waals surface area contributed by atoms with E-state index in [-0.39, 0.29) is 22.1 Å². The summed E-state index contributed by atoms with van der Waals surface area (Å²) in [4.78, 5) is 36.1. The number of hydrogen-bond acceptors (Lipinski definition) is 8. The van der Waals surface area contributed by atoms with Crippen molar-refractivity contribution >= 4 is 27.9 Å². The number of carbonyl (C=O) groups is 3. The molecule has 0 saturated heterocycles. The predicted molar refractivity (Wildman–Crippen MR) is 117 cm³/mol. The van der Waals surface area contributed by atoms with Gasteiger partial charge in [-0.2, -0.15) is 0 Å². The van der Waals surface area contributed by atoms with E-state index in [9.17, 15) is 22.8 Å². The lowest BCUT2D eigenvalue weighted by Crippen LogP contribution is -2.44. The molecule has 1 atom stereocenters. The summed E-state index contributed by atoms with van der Waals surface area (Å²) < 4.78 is 42.7. The summed E-state index contributed by atoms with van der Waals surface area (Å²) in [5.74, 6) is -2.04. The fraction of sp³-hybridized carbons (Fsp3) is 0.571. The van der Waals surface area contributed by atoms with Gasteiger partial charge in [0, 0.05) is 5.54 Å². The predicted octanol–water partition coefficient (Wildman–Crippen LogP) is 1.63. The molecule has 1 unspecified atom stereocenters. The zero-order valence-electron chi connectivity index (χ0n) is 19.5. The number of hydrogen-bond donors (Lipinski definition) is 2. The van der Waals surface area contributed by atoms with Gasteiger partial charge in [0.25, 0.3) is 5.91 Å². The number of sulfonamides is 1. The molecule has 1 rings (SSSR count). The minimum Gasteiger partial charge on any atom is -0.495 e. The lowest BCUT2D eigenvalue weighted by atomic mass is 10.0. The van der Waals surface area contributed by atoms with E-state index >= 15 is 0 Å². The van der Waals surface area contributed by atoms with Gasteiger partial charge >= 0.3 is 11.9 Å². The zero-order valence-corrected chi connectivity index (χ0v) is 20.3. The number of amides is 1. The van der Waals surface area contributed by atoms with Crippen molar-refractivity contribution in [2.75, 3.05) is 20.8 Å². The van der Waals surface area contributed by atoms with Gasteiger partial charge in [0.15, 0.2) is 6.61 Å². The van der Waals surface area contributed by atoms with Crippen LogP contribution in [0.25, 0.3) is 0 Å². The minimum absolute atomic E-state index is 0.0469. The molecule has 0 heterocycles. The van der Waals surface area contributed by atoms with Gasteiger partial charge in [-0.05, 0) is 51.3 Å². The quantitative estimate of drug-likeness (QED) is 0.490. The highest BCUT2D eigenvalue weighted by Crippen LogP contribution is 2.26. The molecular formula is C21H32N2O8S. The Morgan fingerprint density at radius 2 is 1.72 bits per heavy atom. The number of carbonyl (C=O) groups excluding carboxylic acids is 3. The Morgan fingerprint density at radius 1 is 1.09 bits per heavy atom. The first-order valence-corrected chi connectivity index (χ1v) is 11.4. The van der Waals surface area contributed by atoms with Gasteiger partial charge in [-0.25, -0.2) is 22.7 Å². The molecule has 0 aliphatic heterocycles. The molecular weight excluding hydrogens is 440 g/mol. The van der Waals surface area contributed by atoms with Crippen LogP contribution < -0.4 is 14.8 Å². The Bertz CT molecular complexity index is 936. The van der Waals surface area contributed by atoms with E-state index in [1.54, 1.807) is 20.8 Å². The third kappa shape index (κ3) is 8.46. The molecule has 0 radical (unpaired) electrons. The van der Waals surface area contributed by atoms with Gasteiger partial charge < -0.3 is 19.5 Å². The van der Waals surface area contributed by atoms with Gasteiger partial charge in [0.2, 0.25) is 10.0 Å². The smallest absolute Gasteiger partial charge is 0.338 e. The molecule has 0 aliphatic rings. The highest BCUT2D eigenvalue weighted by molar-refractivity contribution is 7.89. The van der Waals surface area contributed by atoms with Crippen LogP contribution in [0.3, 0.4) is 0 Å². The topological polar surface area (TPSA) is 137 Å². The molecule has 1 amide bonds. The molecule has 180 valence electrons. The SMILES string of the molecule is COC(=O)C(CC(C)C)NC(=O)COC(=O)c1ccc(OC)c(S(=O)(=O)NC(C)(C)C)c1. The number of nitrogens with one attached hydrogen (secondary N) is 2. The van der Waals surface area contributed by atoms with Crippen molar-refractivity contribution in [3.8, 4) is 5.75 Å². The minimum atomic E-state index is -4.00. The monoisotopic (exact) mass is 472 g/mol. The molecule has 0 saturated carbocycles. The summed E-state index contributed by atoms with van der Waals surface area (Å²) in [5, 5.41) is 2.47. The summed E-state index contributed by atoms with van der Waals surface area (Å²) in [7, 11) is -1.48. The van der Waals surface area contributed by atoms with E-state index in [1.807, 2.05) is 13.8 Å². The summed E-state index contributed by atoms with van der Waals surface area (Å²) >= 11 is 0. The fourth-order valence-electron chi connectivity index (χ4n) is 2.75. The van der Waals surface area contributed by atoms with E-state index in [1.165, 1.54) is 26.4 Å². The fourth-order valence-corrected chi connectivity index (χ4v) is 4.36. The van der Waals surface area contributed by atoms with Crippen molar-refractivity contribution in [1.82, 2.24) is 10.0 Å². The van der Waals surface area contributed by atoms with Crippen LogP contribution in [0.5, 0.6) is 5.75 Å². The van der Waals surface area contributed by atoms with Crippen molar-refractivity contribution in [2.24, 2.45) is 5.92 Å². The van der Waals surface area contributed by atoms with Gasteiger partial charge in [0.1, 0.15) is 16.7 Å². The first-order valence-electron chi connectivity index (χ1n) is 9.96. The van der Waals surface area contributed by atoms with Crippen LogP contribution in [0.2, 0.25) is 0 Å². The average molecular weight is 473 g/mol.